The number of carbonyl (C=O) groups is 1. The lowest BCUT2D eigenvalue weighted by Gasteiger charge is -2.12. The number of nitrogens with zero attached hydrogens (tertiary/aromatic N) is 3. The van der Waals surface area contributed by atoms with E-state index in [0.717, 1.165) is 32.4 Å². The molecule has 0 radical (unpaired) electrons. The van der Waals surface area contributed by atoms with Crippen molar-refractivity contribution >= 4 is 47.2 Å². The second-order valence-electron chi connectivity index (χ2n) is 6.24. The zero-order chi connectivity index (χ0) is 17.4. The number of carbonyl (C=O) groups excluding carboxylic acids is 1. The van der Waals surface area contributed by atoms with Gasteiger partial charge in [0.25, 0.3) is 0 Å². The standard InChI is InChI=1S/C17H29N5OS.HI/c1-4-10-18-17(20-12-16(23)22(2)3)19-11-9-15-21-13-7-5-6-8-14(13)24-15;/h4-12H2,1-3H3,(H2,18,19,20);1H. The van der Waals surface area contributed by atoms with E-state index in [1.807, 2.05) is 11.3 Å². The number of fused-ring (bicyclic) bond motifs is 1. The minimum Gasteiger partial charge on any atom is -0.356 e. The number of hydrogen-bond acceptors (Lipinski definition) is 4. The Balaban J connectivity index is 0.00000312. The van der Waals surface area contributed by atoms with Gasteiger partial charge in [0.05, 0.1) is 10.7 Å². The van der Waals surface area contributed by atoms with Crippen molar-refractivity contribution in [2.24, 2.45) is 4.99 Å². The molecule has 142 valence electrons. The molecule has 1 aliphatic rings. The Labute approximate surface area is 171 Å². The first kappa shape index (κ1) is 22.1. The predicted octanol–water partition coefficient (Wildman–Crippen LogP) is 2.22. The molecule has 1 heterocycles. The van der Waals surface area contributed by atoms with Gasteiger partial charge in [0.2, 0.25) is 5.91 Å². The third-order valence-corrected chi connectivity index (χ3v) is 5.15. The molecule has 2 rings (SSSR count). The highest BCUT2D eigenvalue weighted by Gasteiger charge is 2.14. The summed E-state index contributed by atoms with van der Waals surface area (Å²) in [5.41, 5.74) is 1.32. The van der Waals surface area contributed by atoms with Crippen LogP contribution in [-0.4, -0.2) is 55.5 Å². The summed E-state index contributed by atoms with van der Waals surface area (Å²) in [5.74, 6) is 0.702. The van der Waals surface area contributed by atoms with Gasteiger partial charge in [0, 0.05) is 38.5 Å². The van der Waals surface area contributed by atoms with Crippen LogP contribution >= 0.6 is 35.3 Å². The maximum absolute atomic E-state index is 11.7. The summed E-state index contributed by atoms with van der Waals surface area (Å²) in [4.78, 5) is 23.8. The van der Waals surface area contributed by atoms with Crippen molar-refractivity contribution in [3.05, 3.63) is 15.6 Å². The van der Waals surface area contributed by atoms with E-state index in [0.29, 0.717) is 5.96 Å². The average Bonchev–Trinajstić information content (AvgIpc) is 2.99. The van der Waals surface area contributed by atoms with Gasteiger partial charge in [0.1, 0.15) is 6.54 Å². The van der Waals surface area contributed by atoms with E-state index >= 15 is 0 Å². The normalized spacial score (nSPS) is 13.6. The van der Waals surface area contributed by atoms with Crippen LogP contribution in [0.3, 0.4) is 0 Å². The summed E-state index contributed by atoms with van der Waals surface area (Å²) in [6.07, 6.45) is 6.80. The van der Waals surface area contributed by atoms with Crippen molar-refractivity contribution in [3.63, 3.8) is 0 Å². The third kappa shape index (κ3) is 7.47. The number of thiazole rings is 1. The van der Waals surface area contributed by atoms with E-state index in [4.69, 9.17) is 4.98 Å². The Morgan fingerprint density at radius 1 is 1.24 bits per heavy atom. The first-order valence-corrected chi connectivity index (χ1v) is 9.61. The highest BCUT2D eigenvalue weighted by Crippen LogP contribution is 2.26. The van der Waals surface area contributed by atoms with Crippen LogP contribution < -0.4 is 10.6 Å². The first-order chi connectivity index (χ1) is 11.6. The van der Waals surface area contributed by atoms with Gasteiger partial charge < -0.3 is 15.5 Å². The van der Waals surface area contributed by atoms with Crippen LogP contribution in [0.15, 0.2) is 4.99 Å². The van der Waals surface area contributed by atoms with Crippen LogP contribution in [0.2, 0.25) is 0 Å². The van der Waals surface area contributed by atoms with Gasteiger partial charge >= 0.3 is 0 Å². The fourth-order valence-corrected chi connectivity index (χ4v) is 3.66. The van der Waals surface area contributed by atoms with Gasteiger partial charge in [-0.25, -0.2) is 9.98 Å². The molecule has 0 unspecified atom stereocenters. The number of aliphatic imine (C=N–C) groups is 1. The molecule has 0 saturated carbocycles. The van der Waals surface area contributed by atoms with E-state index < -0.39 is 0 Å². The highest BCUT2D eigenvalue weighted by atomic mass is 127. The topological polar surface area (TPSA) is 69.6 Å². The number of likely N-dealkylation sites (N-methyl/N-ethyl adjacent to an activating group) is 1. The van der Waals surface area contributed by atoms with E-state index in [9.17, 15) is 4.79 Å². The third-order valence-electron chi connectivity index (χ3n) is 3.93. The number of amides is 1. The molecular formula is C17H30IN5OS. The molecule has 1 aliphatic carbocycles. The van der Waals surface area contributed by atoms with Gasteiger partial charge in [-0.05, 0) is 32.1 Å². The number of guanidine groups is 1. The molecule has 0 spiro atoms. The lowest BCUT2D eigenvalue weighted by Crippen LogP contribution is -2.39. The summed E-state index contributed by atoms with van der Waals surface area (Å²) in [6.45, 7) is 3.89. The Morgan fingerprint density at radius 3 is 2.64 bits per heavy atom. The smallest absolute Gasteiger partial charge is 0.243 e. The van der Waals surface area contributed by atoms with Crippen molar-refractivity contribution < 1.29 is 4.79 Å². The Kier molecular flexibility index (Phi) is 10.3. The Bertz CT molecular complexity index is 550. The quantitative estimate of drug-likeness (QED) is 0.358. The second kappa shape index (κ2) is 11.7. The summed E-state index contributed by atoms with van der Waals surface area (Å²) in [5, 5.41) is 7.76. The summed E-state index contributed by atoms with van der Waals surface area (Å²) in [7, 11) is 3.49. The van der Waals surface area contributed by atoms with E-state index in [1.165, 1.54) is 34.8 Å². The van der Waals surface area contributed by atoms with Gasteiger partial charge in [-0.1, -0.05) is 6.92 Å². The van der Waals surface area contributed by atoms with Gasteiger partial charge in [-0.2, -0.15) is 0 Å². The van der Waals surface area contributed by atoms with Crippen LogP contribution in [-0.2, 0) is 24.1 Å². The van der Waals surface area contributed by atoms with E-state index in [-0.39, 0.29) is 36.4 Å². The van der Waals surface area contributed by atoms with Gasteiger partial charge in [-0.15, -0.1) is 35.3 Å². The molecule has 0 aliphatic heterocycles. The fourth-order valence-electron chi connectivity index (χ4n) is 2.51. The van der Waals surface area contributed by atoms with Crippen LogP contribution in [0, 0.1) is 0 Å². The maximum Gasteiger partial charge on any atom is 0.243 e. The van der Waals surface area contributed by atoms with Gasteiger partial charge in [-0.3, -0.25) is 4.79 Å². The SMILES string of the molecule is CCCNC(=NCC(=O)N(C)C)NCCc1nc2c(s1)CCCC2.I. The van der Waals surface area contributed by atoms with Crippen LogP contribution in [0.5, 0.6) is 0 Å². The minimum absolute atomic E-state index is 0. The molecular weight excluding hydrogens is 449 g/mol. The summed E-state index contributed by atoms with van der Waals surface area (Å²) < 4.78 is 0. The lowest BCUT2D eigenvalue weighted by molar-refractivity contribution is -0.127. The minimum atomic E-state index is 0. The number of hydrogen-bond donors (Lipinski definition) is 2. The van der Waals surface area contributed by atoms with Crippen LogP contribution in [0.1, 0.15) is 41.8 Å². The number of aryl methyl sites for hydroxylation is 2. The van der Waals surface area contributed by atoms with Crippen molar-refractivity contribution in [2.75, 3.05) is 33.7 Å². The molecule has 8 heteroatoms. The zero-order valence-corrected chi connectivity index (χ0v) is 18.6. The van der Waals surface area contributed by atoms with Crippen molar-refractivity contribution in [3.8, 4) is 0 Å². The number of aromatic nitrogens is 1. The molecule has 1 aromatic heterocycles. The Hall–Kier alpha value is -0.900. The molecule has 0 saturated heterocycles. The average molecular weight is 479 g/mol. The van der Waals surface area contributed by atoms with Crippen molar-refractivity contribution in [2.45, 2.75) is 45.4 Å². The van der Waals surface area contributed by atoms with E-state index in [2.05, 4.69) is 22.5 Å². The van der Waals surface area contributed by atoms with Crippen molar-refractivity contribution in [1.82, 2.24) is 20.5 Å². The maximum atomic E-state index is 11.7. The zero-order valence-electron chi connectivity index (χ0n) is 15.4. The lowest BCUT2D eigenvalue weighted by atomic mass is 10.0. The number of nitrogens with one attached hydrogen (secondary N) is 2. The predicted molar refractivity (Wildman–Crippen MR) is 115 cm³/mol. The van der Waals surface area contributed by atoms with Crippen LogP contribution in [0.4, 0.5) is 0 Å². The molecule has 1 amide bonds. The molecule has 0 atom stereocenters. The largest absolute Gasteiger partial charge is 0.356 e. The first-order valence-electron chi connectivity index (χ1n) is 8.80. The fraction of sp³-hybridized carbons (Fsp3) is 0.706. The highest BCUT2D eigenvalue weighted by molar-refractivity contribution is 14.0. The van der Waals surface area contributed by atoms with Crippen molar-refractivity contribution in [1.29, 1.82) is 0 Å². The molecule has 25 heavy (non-hydrogen) atoms. The molecule has 0 aromatic carbocycles. The Morgan fingerprint density at radius 2 is 1.96 bits per heavy atom. The van der Waals surface area contributed by atoms with Gasteiger partial charge in [0.15, 0.2) is 5.96 Å². The second-order valence-corrected chi connectivity index (χ2v) is 7.41. The monoisotopic (exact) mass is 479 g/mol. The summed E-state index contributed by atoms with van der Waals surface area (Å²) in [6, 6.07) is 0. The molecule has 0 fully saturated rings. The molecule has 1 aromatic rings. The number of rotatable bonds is 7. The molecule has 0 bridgehead atoms. The van der Waals surface area contributed by atoms with Crippen LogP contribution in [0.25, 0.3) is 0 Å². The number of halogens is 1. The molecule has 6 nitrogen and oxygen atoms in total. The summed E-state index contributed by atoms with van der Waals surface area (Å²) >= 11 is 1.85. The van der Waals surface area contributed by atoms with E-state index in [1.54, 1.807) is 19.0 Å². The molecule has 2 N–H and O–H groups in total.